The Morgan fingerprint density at radius 3 is 2.59 bits per heavy atom. The number of aliphatic imine (C=N–C) groups is 1. The number of hydrogen-bond donors (Lipinski definition) is 2. The van der Waals surface area contributed by atoms with Crippen LogP contribution >= 0.6 is 24.0 Å². The highest BCUT2D eigenvalue weighted by molar-refractivity contribution is 14.0. The predicted octanol–water partition coefficient (Wildman–Crippen LogP) is 0.803. The summed E-state index contributed by atoms with van der Waals surface area (Å²) in [5, 5.41) is 6.01. The number of halogens is 1. The lowest BCUT2D eigenvalue weighted by atomic mass is 10.2. The summed E-state index contributed by atoms with van der Waals surface area (Å²) in [7, 11) is 0. The maximum Gasteiger partial charge on any atom is 0.251 e. The third-order valence-electron chi connectivity index (χ3n) is 4.84. The molecule has 9 nitrogen and oxygen atoms in total. The first-order valence-corrected chi connectivity index (χ1v) is 9.90. The zero-order valence-corrected chi connectivity index (χ0v) is 19.1. The van der Waals surface area contributed by atoms with Crippen LogP contribution in [0.5, 0.6) is 0 Å². The summed E-state index contributed by atoms with van der Waals surface area (Å²) < 4.78 is 10.7. The lowest BCUT2D eigenvalue weighted by Gasteiger charge is -2.37. The maximum absolute atomic E-state index is 12.5. The van der Waals surface area contributed by atoms with Crippen LogP contribution in [-0.2, 0) is 20.9 Å². The van der Waals surface area contributed by atoms with Gasteiger partial charge in [0.05, 0.1) is 12.8 Å². The molecule has 0 bridgehead atoms. The van der Waals surface area contributed by atoms with Crippen molar-refractivity contribution >= 4 is 41.8 Å². The molecule has 1 aromatic heterocycles. The monoisotopic (exact) mass is 519 g/mol. The number of nitrogens with one attached hydrogen (secondary N) is 2. The van der Waals surface area contributed by atoms with Gasteiger partial charge in [-0.05, 0) is 31.9 Å². The second kappa shape index (κ2) is 12.0. The fraction of sp³-hybridized carbons (Fsp3) is 0.632. The molecule has 2 aliphatic heterocycles. The van der Waals surface area contributed by atoms with Crippen molar-refractivity contribution in [2.24, 2.45) is 4.99 Å². The second-order valence-electron chi connectivity index (χ2n) is 6.84. The molecule has 2 fully saturated rings. The molecule has 0 aromatic carbocycles. The van der Waals surface area contributed by atoms with E-state index in [1.807, 2.05) is 17.9 Å². The number of carbonyl (C=O) groups excluding carboxylic acids is 2. The molecule has 1 atom stereocenters. The lowest BCUT2D eigenvalue weighted by Crippen LogP contribution is -2.55. The van der Waals surface area contributed by atoms with Gasteiger partial charge in [0, 0.05) is 39.3 Å². The Morgan fingerprint density at radius 2 is 1.97 bits per heavy atom. The van der Waals surface area contributed by atoms with Crippen molar-refractivity contribution in [2.45, 2.75) is 32.4 Å². The molecule has 0 saturated carbocycles. The average molecular weight is 519 g/mol. The molecule has 3 rings (SSSR count). The van der Waals surface area contributed by atoms with Gasteiger partial charge in [0.2, 0.25) is 5.91 Å². The Balaban J connectivity index is 0.00000300. The number of piperazine rings is 1. The van der Waals surface area contributed by atoms with Crippen LogP contribution in [0.3, 0.4) is 0 Å². The molecular weight excluding hydrogens is 489 g/mol. The van der Waals surface area contributed by atoms with E-state index >= 15 is 0 Å². The fourth-order valence-corrected chi connectivity index (χ4v) is 3.34. The number of furan rings is 1. The van der Waals surface area contributed by atoms with Gasteiger partial charge in [-0.2, -0.15) is 0 Å². The molecule has 1 aromatic rings. The molecule has 0 aliphatic carbocycles. The lowest BCUT2D eigenvalue weighted by molar-refractivity contribution is -0.142. The van der Waals surface area contributed by atoms with Gasteiger partial charge in [0.25, 0.3) is 5.91 Å². The molecule has 2 aliphatic rings. The van der Waals surface area contributed by atoms with Gasteiger partial charge in [-0.3, -0.25) is 9.59 Å². The van der Waals surface area contributed by atoms with Gasteiger partial charge in [-0.15, -0.1) is 24.0 Å². The van der Waals surface area contributed by atoms with Gasteiger partial charge >= 0.3 is 0 Å². The highest BCUT2D eigenvalue weighted by Crippen LogP contribution is 2.16. The molecule has 2 saturated heterocycles. The minimum atomic E-state index is -0.272. The molecule has 0 spiro atoms. The molecule has 3 heterocycles. The van der Waals surface area contributed by atoms with E-state index in [2.05, 4.69) is 20.5 Å². The topological polar surface area (TPSA) is 99.4 Å². The number of guanidine groups is 1. The number of hydrogen-bond acceptors (Lipinski definition) is 5. The van der Waals surface area contributed by atoms with Gasteiger partial charge in [0.15, 0.2) is 5.96 Å². The smallest absolute Gasteiger partial charge is 0.251 e. The predicted molar refractivity (Wildman–Crippen MR) is 119 cm³/mol. The van der Waals surface area contributed by atoms with Crippen molar-refractivity contribution in [1.82, 2.24) is 20.4 Å². The van der Waals surface area contributed by atoms with E-state index in [0.717, 1.165) is 12.8 Å². The number of ether oxygens (including phenoxy) is 1. The van der Waals surface area contributed by atoms with Crippen LogP contribution in [0.15, 0.2) is 27.8 Å². The Hall–Kier alpha value is -1.82. The van der Waals surface area contributed by atoms with E-state index in [1.165, 1.54) is 0 Å². The van der Waals surface area contributed by atoms with Crippen molar-refractivity contribution < 1.29 is 18.7 Å². The van der Waals surface area contributed by atoms with Crippen LogP contribution in [0.4, 0.5) is 0 Å². The molecule has 162 valence electrons. The third kappa shape index (κ3) is 6.88. The van der Waals surface area contributed by atoms with Crippen LogP contribution in [-0.4, -0.2) is 79.6 Å². The zero-order chi connectivity index (χ0) is 19.8. The molecule has 1 unspecified atom stereocenters. The SMILES string of the molecule is CCNC(=NCC(=O)NCc1ccco1)N1CCN(C(=O)C2CCCO2)CC1.I. The third-order valence-corrected chi connectivity index (χ3v) is 4.84. The van der Waals surface area contributed by atoms with Crippen LogP contribution in [0.2, 0.25) is 0 Å². The largest absolute Gasteiger partial charge is 0.467 e. The molecule has 10 heteroatoms. The Bertz CT molecular complexity index is 668. The molecule has 2 amide bonds. The summed E-state index contributed by atoms with van der Waals surface area (Å²) in [6.45, 7) is 6.39. The van der Waals surface area contributed by atoms with Gasteiger partial charge in [0.1, 0.15) is 18.4 Å². The van der Waals surface area contributed by atoms with Crippen LogP contribution in [0.25, 0.3) is 0 Å². The number of nitrogens with zero attached hydrogens (tertiary/aromatic N) is 3. The van der Waals surface area contributed by atoms with Crippen molar-refractivity contribution in [3.63, 3.8) is 0 Å². The van der Waals surface area contributed by atoms with Crippen molar-refractivity contribution in [1.29, 1.82) is 0 Å². The number of carbonyl (C=O) groups is 2. The summed E-state index contributed by atoms with van der Waals surface area (Å²) in [4.78, 5) is 32.9. The normalized spacial score (nSPS) is 19.6. The van der Waals surface area contributed by atoms with Crippen LogP contribution in [0.1, 0.15) is 25.5 Å². The van der Waals surface area contributed by atoms with E-state index in [9.17, 15) is 9.59 Å². The average Bonchev–Trinajstić information content (AvgIpc) is 3.43. The van der Waals surface area contributed by atoms with E-state index in [0.29, 0.717) is 57.6 Å². The first kappa shape index (κ1) is 23.5. The Morgan fingerprint density at radius 1 is 1.21 bits per heavy atom. The summed E-state index contributed by atoms with van der Waals surface area (Å²) in [5.74, 6) is 1.33. The first-order valence-electron chi connectivity index (χ1n) is 9.90. The van der Waals surface area contributed by atoms with Crippen molar-refractivity contribution in [3.05, 3.63) is 24.2 Å². The van der Waals surface area contributed by atoms with Crippen molar-refractivity contribution in [3.8, 4) is 0 Å². The van der Waals surface area contributed by atoms with Crippen molar-refractivity contribution in [2.75, 3.05) is 45.9 Å². The summed E-state index contributed by atoms with van der Waals surface area (Å²) in [6, 6.07) is 3.59. The highest BCUT2D eigenvalue weighted by Gasteiger charge is 2.30. The summed E-state index contributed by atoms with van der Waals surface area (Å²) in [6.07, 6.45) is 3.07. The Labute approximate surface area is 188 Å². The second-order valence-corrected chi connectivity index (χ2v) is 6.84. The zero-order valence-electron chi connectivity index (χ0n) is 16.8. The minimum absolute atomic E-state index is 0. The fourth-order valence-electron chi connectivity index (χ4n) is 3.34. The van der Waals surface area contributed by atoms with Gasteiger partial charge in [-0.25, -0.2) is 4.99 Å². The quantitative estimate of drug-likeness (QED) is 0.328. The van der Waals surface area contributed by atoms with E-state index in [-0.39, 0.29) is 48.4 Å². The minimum Gasteiger partial charge on any atom is -0.467 e. The van der Waals surface area contributed by atoms with Crippen LogP contribution in [0, 0.1) is 0 Å². The molecule has 0 radical (unpaired) electrons. The van der Waals surface area contributed by atoms with Crippen LogP contribution < -0.4 is 10.6 Å². The summed E-state index contributed by atoms with van der Waals surface area (Å²) >= 11 is 0. The molecular formula is C19H30IN5O4. The Kier molecular flexibility index (Phi) is 9.71. The van der Waals surface area contributed by atoms with E-state index in [1.54, 1.807) is 12.3 Å². The summed E-state index contributed by atoms with van der Waals surface area (Å²) in [5.41, 5.74) is 0. The van der Waals surface area contributed by atoms with Gasteiger partial charge < -0.3 is 29.6 Å². The van der Waals surface area contributed by atoms with E-state index in [4.69, 9.17) is 9.15 Å². The first-order chi connectivity index (χ1) is 13.7. The maximum atomic E-state index is 12.5. The number of amides is 2. The highest BCUT2D eigenvalue weighted by atomic mass is 127. The standard InChI is InChI=1S/C19H29N5O4.HI/c1-2-20-19(22-14-17(25)21-13-15-5-3-11-27-15)24-9-7-23(8-10-24)18(26)16-6-4-12-28-16;/h3,5,11,16H,2,4,6-10,12-14H2,1H3,(H,20,22)(H,21,25);1H. The molecule has 2 N–H and O–H groups in total. The van der Waals surface area contributed by atoms with Gasteiger partial charge in [-0.1, -0.05) is 0 Å². The number of rotatable bonds is 6. The van der Waals surface area contributed by atoms with E-state index < -0.39 is 0 Å². The molecule has 29 heavy (non-hydrogen) atoms.